The first-order valence-corrected chi connectivity index (χ1v) is 3.07. The second kappa shape index (κ2) is 2.94. The summed E-state index contributed by atoms with van der Waals surface area (Å²) in [5, 5.41) is 1.66. The molecular weight excluding hydrogens is 118 g/mol. The van der Waals surface area contributed by atoms with Crippen LogP contribution in [0.2, 0.25) is 0 Å². The topological polar surface area (TPSA) is 29.5 Å². The number of hydrogen-bond donors (Lipinski definition) is 0. The summed E-state index contributed by atoms with van der Waals surface area (Å²) in [6.07, 6.45) is 3.84. The summed E-state index contributed by atoms with van der Waals surface area (Å²) in [6, 6.07) is -0.116. The molecule has 0 aromatic rings. The first-order chi connectivity index (χ1) is 4.38. The molecule has 0 saturated carbocycles. The second-order valence-corrected chi connectivity index (χ2v) is 2.10. The van der Waals surface area contributed by atoms with Gasteiger partial charge in [0.1, 0.15) is 6.04 Å². The second-order valence-electron chi connectivity index (χ2n) is 2.10. The zero-order valence-electron chi connectivity index (χ0n) is 5.46. The summed E-state index contributed by atoms with van der Waals surface area (Å²) >= 11 is 0. The third kappa shape index (κ3) is 1.28. The fourth-order valence-electron chi connectivity index (χ4n) is 1.08. The van der Waals surface area contributed by atoms with Gasteiger partial charge >= 0.3 is 0 Å². The molecule has 1 radical (unpaired) electrons. The quantitative estimate of drug-likeness (QED) is 0.529. The predicted molar refractivity (Wildman–Crippen MR) is 32.4 cm³/mol. The highest BCUT2D eigenvalue weighted by Gasteiger charge is 2.24. The molecule has 0 unspecified atom stereocenters. The minimum Gasteiger partial charge on any atom is -0.302 e. The fourth-order valence-corrected chi connectivity index (χ4v) is 1.08. The van der Waals surface area contributed by atoms with Gasteiger partial charge in [-0.15, -0.1) is 0 Å². The largest absolute Gasteiger partial charge is 0.302 e. The SMILES string of the molecule is CON1CCC[C@H]1[C]=O. The Kier molecular flexibility index (Phi) is 2.19. The predicted octanol–water partition coefficient (Wildman–Crippen LogP) is 0.122. The van der Waals surface area contributed by atoms with E-state index in [1.54, 1.807) is 12.2 Å². The highest BCUT2D eigenvalue weighted by atomic mass is 16.7. The van der Waals surface area contributed by atoms with Gasteiger partial charge in [0.15, 0.2) is 0 Å². The average Bonchev–Trinajstić information content (AvgIpc) is 2.33. The highest BCUT2D eigenvalue weighted by molar-refractivity contribution is 5.58. The van der Waals surface area contributed by atoms with Crippen LogP contribution in [0.25, 0.3) is 0 Å². The molecule has 0 aromatic heterocycles. The Morgan fingerprint density at radius 2 is 2.56 bits per heavy atom. The third-order valence-corrected chi connectivity index (χ3v) is 1.57. The number of hydrogen-bond acceptors (Lipinski definition) is 3. The van der Waals surface area contributed by atoms with E-state index in [1.807, 2.05) is 6.29 Å². The van der Waals surface area contributed by atoms with Crippen LogP contribution in [0.3, 0.4) is 0 Å². The zero-order chi connectivity index (χ0) is 6.69. The Morgan fingerprint density at radius 3 is 3.00 bits per heavy atom. The van der Waals surface area contributed by atoms with E-state index in [4.69, 9.17) is 4.84 Å². The Morgan fingerprint density at radius 1 is 1.78 bits per heavy atom. The Balaban J connectivity index is 2.41. The van der Waals surface area contributed by atoms with Crippen molar-refractivity contribution in [1.82, 2.24) is 5.06 Å². The van der Waals surface area contributed by atoms with E-state index in [2.05, 4.69) is 0 Å². The van der Waals surface area contributed by atoms with Crippen molar-refractivity contribution in [3.8, 4) is 0 Å². The maximum absolute atomic E-state index is 10.1. The van der Waals surface area contributed by atoms with Crippen molar-refractivity contribution in [1.29, 1.82) is 0 Å². The van der Waals surface area contributed by atoms with Gasteiger partial charge in [0.25, 0.3) is 0 Å². The first-order valence-electron chi connectivity index (χ1n) is 3.07. The van der Waals surface area contributed by atoms with E-state index < -0.39 is 0 Å². The summed E-state index contributed by atoms with van der Waals surface area (Å²) in [5.74, 6) is 0. The lowest BCUT2D eigenvalue weighted by Gasteiger charge is -2.14. The summed E-state index contributed by atoms with van der Waals surface area (Å²) in [6.45, 7) is 0.858. The molecular formula is C6H10NO2. The van der Waals surface area contributed by atoms with E-state index in [1.165, 1.54) is 0 Å². The molecule has 1 aliphatic heterocycles. The molecule has 1 fully saturated rings. The monoisotopic (exact) mass is 128 g/mol. The smallest absolute Gasteiger partial charge is 0.219 e. The van der Waals surface area contributed by atoms with Crippen molar-refractivity contribution in [2.24, 2.45) is 0 Å². The number of nitrogens with zero attached hydrogens (tertiary/aromatic N) is 1. The van der Waals surface area contributed by atoms with Gasteiger partial charge < -0.3 is 4.84 Å². The molecule has 9 heavy (non-hydrogen) atoms. The lowest BCUT2D eigenvalue weighted by atomic mass is 10.2. The minimum atomic E-state index is -0.116. The molecule has 0 N–H and O–H groups in total. The van der Waals surface area contributed by atoms with Gasteiger partial charge in [0.05, 0.1) is 7.11 Å². The molecule has 0 aromatic carbocycles. The highest BCUT2D eigenvalue weighted by Crippen LogP contribution is 2.13. The van der Waals surface area contributed by atoms with Crippen LogP contribution in [0.1, 0.15) is 12.8 Å². The van der Waals surface area contributed by atoms with Crippen molar-refractivity contribution < 1.29 is 9.63 Å². The van der Waals surface area contributed by atoms with E-state index in [-0.39, 0.29) is 6.04 Å². The van der Waals surface area contributed by atoms with Gasteiger partial charge in [-0.25, -0.2) is 0 Å². The van der Waals surface area contributed by atoms with Crippen LogP contribution >= 0.6 is 0 Å². The normalized spacial score (nSPS) is 28.8. The van der Waals surface area contributed by atoms with E-state index >= 15 is 0 Å². The first kappa shape index (κ1) is 6.71. The molecule has 1 aliphatic rings. The molecule has 0 amide bonds. The summed E-state index contributed by atoms with van der Waals surface area (Å²) in [5.41, 5.74) is 0. The molecule has 0 aliphatic carbocycles. The van der Waals surface area contributed by atoms with Crippen molar-refractivity contribution in [2.75, 3.05) is 13.7 Å². The minimum absolute atomic E-state index is 0.116. The standard InChI is InChI=1S/C6H10NO2/c1-9-7-4-2-3-6(7)5-8/h6H,2-4H2,1H3/t6-/m0/s1. The van der Waals surface area contributed by atoms with Crippen LogP contribution in [0.15, 0.2) is 0 Å². The fraction of sp³-hybridized carbons (Fsp3) is 0.833. The molecule has 1 saturated heterocycles. The van der Waals surface area contributed by atoms with Crippen LogP contribution in [0, 0.1) is 0 Å². The van der Waals surface area contributed by atoms with E-state index in [9.17, 15) is 4.79 Å². The molecule has 51 valence electrons. The van der Waals surface area contributed by atoms with Crippen molar-refractivity contribution in [3.05, 3.63) is 0 Å². The third-order valence-electron chi connectivity index (χ3n) is 1.57. The Hall–Kier alpha value is -0.410. The number of hydroxylamine groups is 2. The van der Waals surface area contributed by atoms with Gasteiger partial charge in [-0.3, -0.25) is 4.79 Å². The van der Waals surface area contributed by atoms with Crippen LogP contribution < -0.4 is 0 Å². The van der Waals surface area contributed by atoms with Crippen molar-refractivity contribution in [3.63, 3.8) is 0 Å². The maximum Gasteiger partial charge on any atom is 0.219 e. The molecule has 0 spiro atoms. The molecule has 0 bridgehead atoms. The molecule has 1 heterocycles. The van der Waals surface area contributed by atoms with E-state index in [0.717, 1.165) is 19.4 Å². The number of carbonyl (C=O) groups excluding carboxylic acids is 1. The zero-order valence-corrected chi connectivity index (χ0v) is 5.46. The molecule has 3 heteroatoms. The van der Waals surface area contributed by atoms with Crippen LogP contribution in [-0.2, 0) is 9.63 Å². The molecule has 1 atom stereocenters. The van der Waals surface area contributed by atoms with Gasteiger partial charge in [-0.1, -0.05) is 0 Å². The van der Waals surface area contributed by atoms with Gasteiger partial charge in [-0.05, 0) is 12.8 Å². The van der Waals surface area contributed by atoms with Crippen molar-refractivity contribution in [2.45, 2.75) is 18.9 Å². The van der Waals surface area contributed by atoms with Crippen molar-refractivity contribution >= 4 is 6.29 Å². The molecule has 1 rings (SSSR count). The summed E-state index contributed by atoms with van der Waals surface area (Å²) < 4.78 is 0. The average molecular weight is 128 g/mol. The Labute approximate surface area is 54.5 Å². The van der Waals surface area contributed by atoms with Crippen LogP contribution in [-0.4, -0.2) is 31.0 Å². The summed E-state index contributed by atoms with van der Waals surface area (Å²) in [4.78, 5) is 15.0. The van der Waals surface area contributed by atoms with Gasteiger partial charge in [0, 0.05) is 6.54 Å². The maximum atomic E-state index is 10.1. The summed E-state index contributed by atoms with van der Waals surface area (Å²) in [7, 11) is 1.58. The lowest BCUT2D eigenvalue weighted by Crippen LogP contribution is -2.29. The van der Waals surface area contributed by atoms with Crippen LogP contribution in [0.4, 0.5) is 0 Å². The van der Waals surface area contributed by atoms with E-state index in [0.29, 0.717) is 0 Å². The number of rotatable bonds is 2. The van der Waals surface area contributed by atoms with Gasteiger partial charge in [0.2, 0.25) is 6.29 Å². The Bertz CT molecular complexity index is 105. The van der Waals surface area contributed by atoms with Crippen LogP contribution in [0.5, 0.6) is 0 Å². The molecule has 3 nitrogen and oxygen atoms in total. The lowest BCUT2D eigenvalue weighted by molar-refractivity contribution is -0.126. The van der Waals surface area contributed by atoms with Gasteiger partial charge in [-0.2, -0.15) is 5.06 Å².